The second-order valence-corrected chi connectivity index (χ2v) is 7.52. The van der Waals surface area contributed by atoms with Crippen LogP contribution in [0.4, 0.5) is 0 Å². The van der Waals surface area contributed by atoms with Crippen molar-refractivity contribution in [3.8, 4) is 0 Å². The molecule has 2 heterocycles. The van der Waals surface area contributed by atoms with Gasteiger partial charge in [-0.1, -0.05) is 60.1 Å². The number of benzene rings is 2. The number of hydrogen-bond donors (Lipinski definition) is 2. The molecule has 2 N–H and O–H groups in total. The van der Waals surface area contributed by atoms with E-state index in [0.29, 0.717) is 5.02 Å². The van der Waals surface area contributed by atoms with E-state index in [1.807, 2.05) is 30.3 Å². The van der Waals surface area contributed by atoms with Gasteiger partial charge >= 0.3 is 0 Å². The van der Waals surface area contributed by atoms with E-state index in [-0.39, 0.29) is 5.91 Å². The van der Waals surface area contributed by atoms with Gasteiger partial charge in [0.2, 0.25) is 5.91 Å². The first kappa shape index (κ1) is 18.7. The minimum absolute atomic E-state index is 0.120. The first-order chi connectivity index (χ1) is 13.6. The summed E-state index contributed by atoms with van der Waals surface area (Å²) in [5.74, 6) is -0.120. The summed E-state index contributed by atoms with van der Waals surface area (Å²) < 4.78 is 0. The summed E-state index contributed by atoms with van der Waals surface area (Å²) in [6.45, 7) is 4.12. The number of carbonyl (C=O) groups excluding carboxylic acids is 1. The lowest BCUT2D eigenvalue weighted by Crippen LogP contribution is -2.49. The van der Waals surface area contributed by atoms with Gasteiger partial charge in [-0.3, -0.25) is 9.69 Å². The van der Waals surface area contributed by atoms with E-state index in [2.05, 4.69) is 39.8 Å². The van der Waals surface area contributed by atoms with E-state index in [9.17, 15) is 4.79 Å². The van der Waals surface area contributed by atoms with Crippen LogP contribution in [-0.2, 0) is 11.3 Å². The third kappa shape index (κ3) is 4.11. The molecule has 0 fully saturated rings. The van der Waals surface area contributed by atoms with Gasteiger partial charge in [-0.05, 0) is 11.6 Å². The molecule has 1 atom stereocenters. The van der Waals surface area contributed by atoms with E-state index >= 15 is 0 Å². The molecule has 144 valence electrons. The van der Waals surface area contributed by atoms with Crippen LogP contribution in [0.1, 0.15) is 24.5 Å². The zero-order valence-corrected chi connectivity index (χ0v) is 16.5. The van der Waals surface area contributed by atoms with Gasteiger partial charge in [0, 0.05) is 54.8 Å². The van der Waals surface area contributed by atoms with Crippen LogP contribution in [0.15, 0.2) is 70.9 Å². The maximum Gasteiger partial charge on any atom is 0.219 e. The molecule has 2 aliphatic rings. The summed E-state index contributed by atoms with van der Waals surface area (Å²) in [6.07, 6.45) is 0.407. The van der Waals surface area contributed by atoms with E-state index in [0.717, 1.165) is 48.6 Å². The maximum atomic E-state index is 11.6. The van der Waals surface area contributed by atoms with Crippen molar-refractivity contribution in [2.45, 2.75) is 26.2 Å². The third-order valence-electron chi connectivity index (χ3n) is 5.00. The Morgan fingerprint density at radius 2 is 1.96 bits per heavy atom. The molecule has 2 aromatic rings. The van der Waals surface area contributed by atoms with Gasteiger partial charge in [0.1, 0.15) is 0 Å². The van der Waals surface area contributed by atoms with Gasteiger partial charge in [-0.2, -0.15) is 0 Å². The van der Waals surface area contributed by atoms with Gasteiger partial charge in [0.25, 0.3) is 0 Å². The van der Waals surface area contributed by atoms with E-state index < -0.39 is 6.29 Å². The average Bonchev–Trinajstić information content (AvgIpc) is 2.68. The maximum absolute atomic E-state index is 11.6. The van der Waals surface area contributed by atoms with Crippen molar-refractivity contribution in [3.05, 3.63) is 82.0 Å². The first-order valence-electron chi connectivity index (χ1n) is 9.45. The zero-order chi connectivity index (χ0) is 19.5. The number of rotatable bonds is 4. The molecule has 0 saturated heterocycles. The molecule has 0 aliphatic carbocycles. The van der Waals surface area contributed by atoms with Crippen LogP contribution in [0.5, 0.6) is 0 Å². The zero-order valence-electron chi connectivity index (χ0n) is 15.8. The first-order valence-corrected chi connectivity index (χ1v) is 9.83. The van der Waals surface area contributed by atoms with Crippen LogP contribution < -0.4 is 10.6 Å². The summed E-state index contributed by atoms with van der Waals surface area (Å²) in [5.41, 5.74) is 5.33. The van der Waals surface area contributed by atoms with Gasteiger partial charge in [0.15, 0.2) is 6.29 Å². The van der Waals surface area contributed by atoms with Crippen molar-refractivity contribution in [3.63, 3.8) is 0 Å². The highest BCUT2D eigenvalue weighted by molar-refractivity contribution is 6.35. The standard InChI is InChI=1S/C22H23ClN4O/c1-15(28)24-22-25-20-11-12-27(13-16-7-3-2-4-8-16)14-18(20)21(26-22)17-9-5-6-10-19(17)23/h2-10,22,25H,11-14H2,1H3,(H,24,28). The normalized spacial score (nSPS) is 19.5. The SMILES string of the molecule is CC(=O)NC1N=C(c2ccccc2Cl)C2=C(CCN(Cc3ccccc3)C2)N1. The van der Waals surface area contributed by atoms with Gasteiger partial charge in [-0.15, -0.1) is 0 Å². The van der Waals surface area contributed by atoms with Crippen molar-refractivity contribution in [1.82, 2.24) is 15.5 Å². The Labute approximate surface area is 170 Å². The minimum Gasteiger partial charge on any atom is -0.350 e. The molecular weight excluding hydrogens is 372 g/mol. The summed E-state index contributed by atoms with van der Waals surface area (Å²) in [7, 11) is 0. The van der Waals surface area contributed by atoms with E-state index in [4.69, 9.17) is 16.6 Å². The number of carbonyl (C=O) groups is 1. The Morgan fingerprint density at radius 1 is 1.21 bits per heavy atom. The fraction of sp³-hybridized carbons (Fsp3) is 0.273. The quantitative estimate of drug-likeness (QED) is 0.836. The molecule has 0 radical (unpaired) electrons. The third-order valence-corrected chi connectivity index (χ3v) is 5.33. The van der Waals surface area contributed by atoms with Gasteiger partial charge in [-0.25, -0.2) is 4.99 Å². The van der Waals surface area contributed by atoms with Crippen LogP contribution in [0, 0.1) is 0 Å². The summed E-state index contributed by atoms with van der Waals surface area (Å²) in [4.78, 5) is 18.8. The van der Waals surface area contributed by atoms with Crippen LogP contribution in [-0.4, -0.2) is 35.9 Å². The van der Waals surface area contributed by atoms with Gasteiger partial charge in [0.05, 0.1) is 5.71 Å². The number of hydrogen-bond acceptors (Lipinski definition) is 4. The molecule has 1 amide bonds. The highest BCUT2D eigenvalue weighted by Gasteiger charge is 2.29. The highest BCUT2D eigenvalue weighted by atomic mass is 35.5. The Morgan fingerprint density at radius 3 is 2.71 bits per heavy atom. The summed E-state index contributed by atoms with van der Waals surface area (Å²) in [5, 5.41) is 6.90. The lowest BCUT2D eigenvalue weighted by molar-refractivity contribution is -0.119. The molecule has 1 unspecified atom stereocenters. The van der Waals surface area contributed by atoms with Crippen molar-refractivity contribution < 1.29 is 4.79 Å². The summed E-state index contributed by atoms with van der Waals surface area (Å²) in [6, 6.07) is 18.2. The second-order valence-electron chi connectivity index (χ2n) is 7.11. The smallest absolute Gasteiger partial charge is 0.219 e. The van der Waals surface area contributed by atoms with E-state index in [1.54, 1.807) is 0 Å². The van der Waals surface area contributed by atoms with Gasteiger partial charge < -0.3 is 10.6 Å². The highest BCUT2D eigenvalue weighted by Crippen LogP contribution is 2.28. The fourth-order valence-corrected chi connectivity index (χ4v) is 3.95. The van der Waals surface area contributed by atoms with Crippen LogP contribution in [0.25, 0.3) is 0 Å². The second kappa shape index (κ2) is 8.17. The molecule has 0 spiro atoms. The minimum atomic E-state index is -0.469. The Hall–Kier alpha value is -2.63. The van der Waals surface area contributed by atoms with Crippen molar-refractivity contribution in [2.24, 2.45) is 4.99 Å². The molecule has 5 nitrogen and oxygen atoms in total. The number of nitrogens with one attached hydrogen (secondary N) is 2. The molecule has 28 heavy (non-hydrogen) atoms. The Kier molecular flexibility index (Phi) is 5.46. The van der Waals surface area contributed by atoms with Crippen molar-refractivity contribution in [1.29, 1.82) is 0 Å². The molecule has 2 aliphatic heterocycles. The predicted molar refractivity (Wildman–Crippen MR) is 112 cm³/mol. The Balaban J connectivity index is 1.64. The number of amides is 1. The van der Waals surface area contributed by atoms with Crippen LogP contribution >= 0.6 is 11.6 Å². The topological polar surface area (TPSA) is 56.7 Å². The average molecular weight is 395 g/mol. The monoisotopic (exact) mass is 394 g/mol. The van der Waals surface area contributed by atoms with Crippen LogP contribution in [0.2, 0.25) is 5.02 Å². The molecule has 2 aromatic carbocycles. The molecule has 4 rings (SSSR count). The number of nitrogens with zero attached hydrogens (tertiary/aromatic N) is 2. The molecule has 0 bridgehead atoms. The van der Waals surface area contributed by atoms with E-state index in [1.165, 1.54) is 12.5 Å². The molecule has 0 aromatic heterocycles. The number of halogens is 1. The van der Waals surface area contributed by atoms with Crippen molar-refractivity contribution in [2.75, 3.05) is 13.1 Å². The lowest BCUT2D eigenvalue weighted by Gasteiger charge is -2.36. The molecular formula is C22H23ClN4O. The fourth-order valence-electron chi connectivity index (χ4n) is 3.72. The lowest BCUT2D eigenvalue weighted by atomic mass is 9.94. The van der Waals surface area contributed by atoms with Crippen LogP contribution in [0.3, 0.4) is 0 Å². The largest absolute Gasteiger partial charge is 0.350 e. The predicted octanol–water partition coefficient (Wildman–Crippen LogP) is 3.31. The number of aliphatic imine (C=N–C) groups is 1. The summed E-state index contributed by atoms with van der Waals surface area (Å²) >= 11 is 6.48. The molecule has 0 saturated carbocycles. The van der Waals surface area contributed by atoms with Crippen molar-refractivity contribution >= 4 is 23.2 Å². The molecule has 6 heteroatoms. The Bertz CT molecular complexity index is 939.